The number of benzene rings is 2. The second kappa shape index (κ2) is 14.7. The van der Waals surface area contributed by atoms with Gasteiger partial charge in [0.05, 0.1) is 39.4 Å². The Balaban J connectivity index is 0.829. The van der Waals surface area contributed by atoms with Gasteiger partial charge in [-0.2, -0.15) is 0 Å². The Labute approximate surface area is 340 Å². The van der Waals surface area contributed by atoms with E-state index in [9.17, 15) is 19.8 Å². The van der Waals surface area contributed by atoms with Gasteiger partial charge in [-0.1, -0.05) is 55.4 Å². The first-order chi connectivity index (χ1) is 27.9. The average molecular weight is 801 g/mol. The minimum absolute atomic E-state index is 0.0787. The molecule has 9 rings (SSSR count). The maximum atomic E-state index is 14.3. The number of carbonyl (C=O) groups excluding carboxylic acids is 2. The minimum atomic E-state index is -0.804. The van der Waals surface area contributed by atoms with E-state index >= 15 is 0 Å². The van der Waals surface area contributed by atoms with Crippen LogP contribution < -0.4 is 10.2 Å². The van der Waals surface area contributed by atoms with Crippen LogP contribution in [0.25, 0.3) is 32.7 Å². The second-order valence-corrected chi connectivity index (χ2v) is 17.8. The first kappa shape index (κ1) is 37.9. The molecule has 2 saturated heterocycles. The number of nitrogens with one attached hydrogen (secondary N) is 1. The number of aromatic hydroxyl groups is 1. The first-order valence-corrected chi connectivity index (χ1v) is 20.9. The molecule has 3 fully saturated rings. The number of phenolic OH excluding ortho intramolecular Hbond substituents is 1. The van der Waals surface area contributed by atoms with Crippen LogP contribution in [0.15, 0.2) is 76.8 Å². The van der Waals surface area contributed by atoms with Crippen molar-refractivity contribution in [2.75, 3.05) is 24.5 Å². The molecule has 0 bridgehead atoms. The van der Waals surface area contributed by atoms with Crippen molar-refractivity contribution >= 4 is 40.0 Å². The molecule has 0 unspecified atom stereocenters. The van der Waals surface area contributed by atoms with Gasteiger partial charge in [0, 0.05) is 61.8 Å². The number of hydrogen-bond donors (Lipinski definition) is 3. The van der Waals surface area contributed by atoms with Crippen molar-refractivity contribution in [2.45, 2.75) is 77.0 Å². The monoisotopic (exact) mass is 800 g/mol. The SMILES string of the molecule is Cc1ncsc1-c1ccc([C@H](C)NC(=O)[C@@H]2C[C@@H](O)CN2C(=O)[C@@H](c2cc(N3CC4(CC(c5cc6nnc(-c7ccccc7O)cc6n5C)C4)C3)no2)C(C)C)cc1. The fourth-order valence-electron chi connectivity index (χ4n) is 9.42. The molecular weight excluding hydrogens is 753 g/mol. The largest absolute Gasteiger partial charge is 0.507 e. The Morgan fingerprint density at radius 1 is 1.02 bits per heavy atom. The molecule has 3 N–H and O–H groups in total. The van der Waals surface area contributed by atoms with Crippen molar-refractivity contribution in [2.24, 2.45) is 18.4 Å². The second-order valence-electron chi connectivity index (χ2n) is 16.9. The number of likely N-dealkylation sites (tertiary alicyclic amines) is 1. The highest BCUT2D eigenvalue weighted by atomic mass is 32.1. The molecule has 14 heteroatoms. The van der Waals surface area contributed by atoms with Gasteiger partial charge in [-0.3, -0.25) is 9.59 Å². The van der Waals surface area contributed by atoms with Crippen LogP contribution in [0.2, 0.25) is 0 Å². The number of aliphatic hydroxyl groups is 1. The van der Waals surface area contributed by atoms with Crippen molar-refractivity contribution < 1.29 is 24.3 Å². The average Bonchev–Trinajstić information content (AvgIpc) is 3.98. The zero-order valence-electron chi connectivity index (χ0n) is 33.3. The lowest BCUT2D eigenvalue weighted by Gasteiger charge is -2.59. The topological polar surface area (TPSA) is 163 Å². The van der Waals surface area contributed by atoms with Crippen LogP contribution in [0.3, 0.4) is 0 Å². The molecule has 1 spiro atoms. The van der Waals surface area contributed by atoms with Crippen molar-refractivity contribution in [1.82, 2.24) is 35.1 Å². The van der Waals surface area contributed by atoms with Gasteiger partial charge in [-0.05, 0) is 68.0 Å². The Morgan fingerprint density at radius 3 is 2.48 bits per heavy atom. The van der Waals surface area contributed by atoms with Crippen LogP contribution in [0, 0.1) is 18.3 Å². The quantitative estimate of drug-likeness (QED) is 0.136. The molecule has 1 saturated carbocycles. The number of fused-ring (bicyclic) bond motifs is 1. The summed E-state index contributed by atoms with van der Waals surface area (Å²) in [7, 11) is 2.07. The molecule has 3 aliphatic rings. The zero-order chi connectivity index (χ0) is 40.5. The molecular formula is C44H48N8O5S. The number of rotatable bonds is 10. The maximum Gasteiger partial charge on any atom is 0.243 e. The van der Waals surface area contributed by atoms with Crippen LogP contribution in [-0.4, -0.2) is 83.6 Å². The Bertz CT molecular complexity index is 2490. The van der Waals surface area contributed by atoms with Gasteiger partial charge in [0.25, 0.3) is 0 Å². The predicted octanol–water partition coefficient (Wildman–Crippen LogP) is 6.72. The van der Waals surface area contributed by atoms with E-state index in [0.717, 1.165) is 58.7 Å². The first-order valence-electron chi connectivity index (χ1n) is 20.0. The zero-order valence-corrected chi connectivity index (χ0v) is 34.1. The Hall–Kier alpha value is -5.60. The number of aliphatic hydroxyl groups excluding tert-OH is 1. The Morgan fingerprint density at radius 2 is 1.78 bits per heavy atom. The summed E-state index contributed by atoms with van der Waals surface area (Å²) in [4.78, 5) is 37.2. The van der Waals surface area contributed by atoms with Crippen molar-refractivity contribution in [3.8, 4) is 27.4 Å². The lowest BCUT2D eigenvalue weighted by atomic mass is 9.57. The normalized spacial score (nSPS) is 20.1. The highest BCUT2D eigenvalue weighted by molar-refractivity contribution is 7.13. The van der Waals surface area contributed by atoms with Crippen LogP contribution in [0.4, 0.5) is 5.82 Å². The standard InChI is InChI=1S/C44H48N8O5S/c1-24(2)40(43(56)52-20-30(53)14-36(52)42(55)46-25(3)27-10-12-28(13-11-27)41-26(4)45-23-58-41)38-17-39(49-57-38)51-21-44(22-51)18-29(19-44)34-16-33-35(50(34)5)15-32(47-48-33)31-8-6-7-9-37(31)54/h6-13,15-17,23-25,29-30,36,40,53-54H,14,18-22H2,1-5H3,(H,46,55)/t25-,30+,36-,40+/m0/s1. The van der Waals surface area contributed by atoms with Gasteiger partial charge in [-0.15, -0.1) is 21.5 Å². The number of para-hydroxylation sites is 1. The van der Waals surface area contributed by atoms with Crippen LogP contribution >= 0.6 is 11.3 Å². The molecule has 2 aliphatic heterocycles. The van der Waals surface area contributed by atoms with Gasteiger partial charge < -0.3 is 34.4 Å². The number of aromatic nitrogens is 5. The number of nitrogens with zero attached hydrogens (tertiary/aromatic N) is 7. The maximum absolute atomic E-state index is 14.3. The fraction of sp³-hybridized carbons (Fsp3) is 0.409. The number of phenols is 1. The third-order valence-electron chi connectivity index (χ3n) is 12.6. The van der Waals surface area contributed by atoms with Crippen LogP contribution in [-0.2, 0) is 16.6 Å². The lowest BCUT2D eigenvalue weighted by molar-refractivity contribution is -0.141. The number of β-amino-alcohol motifs (C(OH)–C–C–N with tert-alkyl or cyclic N) is 1. The molecule has 13 nitrogen and oxygen atoms in total. The number of thiazole rings is 1. The summed E-state index contributed by atoms with van der Waals surface area (Å²) >= 11 is 1.60. The molecule has 300 valence electrons. The van der Waals surface area contributed by atoms with Gasteiger partial charge in [0.15, 0.2) is 11.6 Å². The summed E-state index contributed by atoms with van der Waals surface area (Å²) in [5.74, 6) is 0.412. The number of anilines is 1. The molecule has 0 radical (unpaired) electrons. The summed E-state index contributed by atoms with van der Waals surface area (Å²) in [5.41, 5.74) is 9.38. The minimum Gasteiger partial charge on any atom is -0.507 e. The number of aryl methyl sites for hydroxylation is 2. The third-order valence-corrected chi connectivity index (χ3v) is 13.5. The summed E-state index contributed by atoms with van der Waals surface area (Å²) in [5, 5.41) is 37.5. The summed E-state index contributed by atoms with van der Waals surface area (Å²) in [6, 6.07) is 20.1. The van der Waals surface area contributed by atoms with Gasteiger partial charge >= 0.3 is 0 Å². The van der Waals surface area contributed by atoms with Crippen LogP contribution in [0.5, 0.6) is 5.75 Å². The summed E-state index contributed by atoms with van der Waals surface area (Å²) < 4.78 is 8.09. The summed E-state index contributed by atoms with van der Waals surface area (Å²) in [6.45, 7) is 9.62. The van der Waals surface area contributed by atoms with E-state index in [2.05, 4.69) is 48.2 Å². The van der Waals surface area contributed by atoms with E-state index in [1.807, 2.05) is 81.7 Å². The molecule has 6 aromatic rings. The van der Waals surface area contributed by atoms with E-state index in [1.54, 1.807) is 23.5 Å². The smallest absolute Gasteiger partial charge is 0.243 e. The van der Waals surface area contributed by atoms with Gasteiger partial charge in [-0.25, -0.2) is 4.98 Å². The fourth-order valence-corrected chi connectivity index (χ4v) is 10.2. The number of carbonyl (C=O) groups is 2. The predicted molar refractivity (Wildman–Crippen MR) is 221 cm³/mol. The van der Waals surface area contributed by atoms with E-state index < -0.39 is 18.1 Å². The molecule has 2 aromatic carbocycles. The van der Waals surface area contributed by atoms with E-state index in [4.69, 9.17) is 4.52 Å². The number of hydrogen-bond acceptors (Lipinski definition) is 11. The van der Waals surface area contributed by atoms with Crippen LogP contribution in [0.1, 0.15) is 80.6 Å². The van der Waals surface area contributed by atoms with E-state index in [1.165, 1.54) is 10.6 Å². The highest BCUT2D eigenvalue weighted by Gasteiger charge is 2.54. The molecule has 6 heterocycles. The molecule has 4 aromatic heterocycles. The van der Waals surface area contributed by atoms with E-state index in [0.29, 0.717) is 28.8 Å². The highest BCUT2D eigenvalue weighted by Crippen LogP contribution is 2.57. The third kappa shape index (κ3) is 6.71. The lowest BCUT2D eigenvalue weighted by Crippen LogP contribution is -2.62. The Kier molecular flexibility index (Phi) is 9.59. The van der Waals surface area contributed by atoms with Crippen molar-refractivity contribution in [3.63, 3.8) is 0 Å². The molecule has 2 amide bonds. The molecule has 4 atom stereocenters. The number of amides is 2. The van der Waals surface area contributed by atoms with Crippen molar-refractivity contribution in [1.29, 1.82) is 0 Å². The summed E-state index contributed by atoms with van der Waals surface area (Å²) in [6.07, 6.45) is 1.45. The van der Waals surface area contributed by atoms with Gasteiger partial charge in [0.1, 0.15) is 23.2 Å². The van der Waals surface area contributed by atoms with Crippen molar-refractivity contribution in [3.05, 3.63) is 95.0 Å². The van der Waals surface area contributed by atoms with Gasteiger partial charge in [0.2, 0.25) is 11.8 Å². The van der Waals surface area contributed by atoms with E-state index in [-0.39, 0.29) is 47.9 Å². The molecule has 58 heavy (non-hydrogen) atoms. The molecule has 1 aliphatic carbocycles.